The van der Waals surface area contributed by atoms with Crippen molar-refractivity contribution in [2.75, 3.05) is 0 Å². The Hall–Kier alpha value is -3.80. The normalized spacial score (nSPS) is 13.0. The van der Waals surface area contributed by atoms with E-state index < -0.39 is 33.3 Å². The Morgan fingerprint density at radius 3 is 2.09 bits per heavy atom. The van der Waals surface area contributed by atoms with Crippen LogP contribution in [0.15, 0.2) is 95.5 Å². The summed E-state index contributed by atoms with van der Waals surface area (Å²) in [4.78, 5) is 16.0. The largest absolute Gasteiger partial charge is 0.501 e. The highest BCUT2D eigenvalue weighted by molar-refractivity contribution is 7.89. The molecule has 0 bridgehead atoms. The van der Waals surface area contributed by atoms with Crippen molar-refractivity contribution in [1.82, 2.24) is 4.72 Å². The molecule has 0 amide bonds. The molecule has 0 radical (unpaired) electrons. The molecule has 0 heterocycles. The van der Waals surface area contributed by atoms with Crippen molar-refractivity contribution in [3.05, 3.63) is 112 Å². The standard InChI is InChI=1S/C24H21N3O4S/c1-17-12-14-20(15-13-17)32(30,31)27-21(18-8-4-2-5-9-18)16-22(28)23(26-25)24(29)19-10-6-3-7-11-19/h2-15,21,27H,16H2,1H3/p+1. The molecule has 32 heavy (non-hydrogen) atoms. The number of nitrogens with one attached hydrogen (secondary N) is 1. The summed E-state index contributed by atoms with van der Waals surface area (Å²) in [5.74, 6) is -1.22. The molecule has 7 nitrogen and oxygen atoms in total. The number of Topliss-reactive ketones (excluding diaryl/α,β-unsaturated/α-hetero) is 1. The van der Waals surface area contributed by atoms with Gasteiger partial charge in [-0.15, -0.1) is 0 Å². The number of carbonyl (C=O) groups excluding carboxylic acids is 1. The number of hydrogen-bond donors (Lipinski definition) is 2. The van der Waals surface area contributed by atoms with Gasteiger partial charge in [-0.1, -0.05) is 78.4 Å². The average Bonchev–Trinajstić information content (AvgIpc) is 2.80. The molecule has 3 aromatic rings. The predicted molar refractivity (Wildman–Crippen MR) is 121 cm³/mol. The number of benzene rings is 3. The van der Waals surface area contributed by atoms with E-state index in [0.717, 1.165) is 5.56 Å². The number of allylic oxidation sites excluding steroid dienone is 1. The van der Waals surface area contributed by atoms with Gasteiger partial charge in [-0.05, 0) is 24.6 Å². The molecule has 0 aliphatic carbocycles. The van der Waals surface area contributed by atoms with Crippen LogP contribution in [0.3, 0.4) is 0 Å². The average molecular weight is 449 g/mol. The number of nitrogens with zero attached hydrogens (tertiary/aromatic N) is 2. The van der Waals surface area contributed by atoms with Gasteiger partial charge in [-0.25, -0.2) is 13.1 Å². The number of sulfonamides is 1. The number of aliphatic hydroxyl groups excluding tert-OH is 1. The van der Waals surface area contributed by atoms with Crippen LogP contribution >= 0.6 is 0 Å². The number of hydrogen-bond acceptors (Lipinski definition) is 5. The molecule has 3 rings (SSSR count). The highest BCUT2D eigenvalue weighted by Gasteiger charge is 2.33. The highest BCUT2D eigenvalue weighted by Crippen LogP contribution is 2.25. The van der Waals surface area contributed by atoms with Gasteiger partial charge in [0.05, 0.1) is 10.9 Å². The first-order valence-electron chi connectivity index (χ1n) is 9.82. The lowest BCUT2D eigenvalue weighted by atomic mass is 10.00. The molecule has 1 atom stereocenters. The number of diazo groups is 1. The van der Waals surface area contributed by atoms with Gasteiger partial charge in [0.15, 0.2) is 4.98 Å². The fraction of sp³-hybridized carbons (Fsp3) is 0.125. The highest BCUT2D eigenvalue weighted by atomic mass is 32.2. The Bertz CT molecular complexity index is 1260. The summed E-state index contributed by atoms with van der Waals surface area (Å²) in [5, 5.41) is 19.8. The second-order valence-corrected chi connectivity index (χ2v) is 8.90. The van der Waals surface area contributed by atoms with Crippen LogP contribution in [0.5, 0.6) is 0 Å². The molecule has 0 spiro atoms. The molecule has 2 N–H and O–H groups in total. The Morgan fingerprint density at radius 1 is 0.969 bits per heavy atom. The zero-order valence-corrected chi connectivity index (χ0v) is 18.2. The van der Waals surface area contributed by atoms with Gasteiger partial charge in [-0.2, -0.15) is 0 Å². The van der Waals surface area contributed by atoms with E-state index in [2.05, 4.69) is 9.70 Å². The van der Waals surface area contributed by atoms with E-state index in [1.165, 1.54) is 12.1 Å². The van der Waals surface area contributed by atoms with E-state index in [-0.39, 0.29) is 11.3 Å². The van der Waals surface area contributed by atoms with E-state index in [4.69, 9.17) is 0 Å². The van der Waals surface area contributed by atoms with Gasteiger partial charge in [-0.3, -0.25) is 4.79 Å². The Morgan fingerprint density at radius 2 is 1.53 bits per heavy atom. The molecule has 8 heteroatoms. The molecule has 162 valence electrons. The van der Waals surface area contributed by atoms with Gasteiger partial charge in [0.25, 0.3) is 5.78 Å². The van der Waals surface area contributed by atoms with Crippen LogP contribution in [0, 0.1) is 12.3 Å². The van der Waals surface area contributed by atoms with Crippen LogP contribution in [0.1, 0.15) is 29.2 Å². The van der Waals surface area contributed by atoms with Crippen LogP contribution < -0.4 is 4.72 Å². The zero-order valence-electron chi connectivity index (χ0n) is 17.3. The van der Waals surface area contributed by atoms with Gasteiger partial charge in [0, 0.05) is 12.0 Å². The number of aryl methyl sites for hydroxylation is 1. The molecular formula is C24H22N3O4S+. The van der Waals surface area contributed by atoms with Crippen LogP contribution in [0.4, 0.5) is 0 Å². The van der Waals surface area contributed by atoms with Crippen molar-refractivity contribution in [2.45, 2.75) is 24.3 Å². The number of rotatable bonds is 8. The van der Waals surface area contributed by atoms with E-state index in [1.807, 2.05) is 6.92 Å². The lowest BCUT2D eigenvalue weighted by molar-refractivity contribution is -0.115. The van der Waals surface area contributed by atoms with Gasteiger partial charge in [0.2, 0.25) is 21.2 Å². The minimum absolute atomic E-state index is 0.0613. The first-order chi connectivity index (χ1) is 15.3. The van der Waals surface area contributed by atoms with Crippen molar-refractivity contribution in [2.24, 2.45) is 0 Å². The fourth-order valence-corrected chi connectivity index (χ4v) is 4.36. The first-order valence-corrected chi connectivity index (χ1v) is 11.3. The summed E-state index contributed by atoms with van der Waals surface area (Å²) >= 11 is 0. The van der Waals surface area contributed by atoms with Crippen molar-refractivity contribution in [1.29, 1.82) is 5.39 Å². The minimum Gasteiger partial charge on any atom is -0.501 e. The molecule has 0 aliphatic rings. The summed E-state index contributed by atoms with van der Waals surface area (Å²) in [6.07, 6.45) is -0.370. The number of ketones is 1. The Kier molecular flexibility index (Phi) is 7.15. The van der Waals surface area contributed by atoms with E-state index >= 15 is 0 Å². The molecule has 0 aromatic heterocycles. The third-order valence-electron chi connectivity index (χ3n) is 4.86. The summed E-state index contributed by atoms with van der Waals surface area (Å²) in [7, 11) is -3.95. The molecule has 0 saturated carbocycles. The van der Waals surface area contributed by atoms with Gasteiger partial charge < -0.3 is 5.11 Å². The molecule has 0 fully saturated rings. The summed E-state index contributed by atoms with van der Waals surface area (Å²) < 4.78 is 28.5. The predicted octanol–water partition coefficient (Wildman–Crippen LogP) is 4.75. The Balaban J connectivity index is 1.94. The van der Waals surface area contributed by atoms with Gasteiger partial charge >= 0.3 is 5.70 Å². The molecule has 1 unspecified atom stereocenters. The zero-order chi connectivity index (χ0) is 23.1. The van der Waals surface area contributed by atoms with E-state index in [1.54, 1.807) is 72.8 Å². The second kappa shape index (κ2) is 10.0. The maximum Gasteiger partial charge on any atom is 0.468 e. The molecule has 0 saturated heterocycles. The third kappa shape index (κ3) is 5.46. The minimum atomic E-state index is -3.95. The van der Waals surface area contributed by atoms with Crippen molar-refractivity contribution in [3.63, 3.8) is 0 Å². The quantitative estimate of drug-likeness (QED) is 0.293. The SMILES string of the molecule is Cc1ccc(S(=O)(=O)NC(CC(=O)/C([N+]#N)=C(\O)c2ccccc2)c2ccccc2)cc1. The second-order valence-electron chi connectivity index (χ2n) is 7.19. The van der Waals surface area contributed by atoms with Gasteiger partial charge in [0.1, 0.15) is 0 Å². The van der Waals surface area contributed by atoms with Crippen LogP contribution in [0.25, 0.3) is 10.7 Å². The molecule has 0 aliphatic heterocycles. The first kappa shape index (κ1) is 22.9. The Labute approximate surface area is 186 Å². The van der Waals surface area contributed by atoms with Crippen LogP contribution in [0.2, 0.25) is 0 Å². The van der Waals surface area contributed by atoms with Crippen molar-refractivity contribution >= 4 is 21.6 Å². The summed E-state index contributed by atoms with van der Waals surface area (Å²) in [6, 6.07) is 22.1. The lowest BCUT2D eigenvalue weighted by Crippen LogP contribution is -2.30. The smallest absolute Gasteiger partial charge is 0.468 e. The number of aliphatic hydroxyl groups is 1. The monoisotopic (exact) mass is 448 g/mol. The summed E-state index contributed by atoms with van der Waals surface area (Å²) in [6.45, 7) is 1.85. The van der Waals surface area contributed by atoms with Crippen LogP contribution in [-0.2, 0) is 14.8 Å². The molecular weight excluding hydrogens is 426 g/mol. The molecule has 3 aromatic carbocycles. The fourth-order valence-electron chi connectivity index (χ4n) is 3.14. The third-order valence-corrected chi connectivity index (χ3v) is 6.34. The number of carbonyl (C=O) groups is 1. The topological polar surface area (TPSA) is 112 Å². The van der Waals surface area contributed by atoms with Crippen molar-refractivity contribution in [3.8, 4) is 0 Å². The summed E-state index contributed by atoms with van der Waals surface area (Å²) in [5.41, 5.74) is 1.21. The van der Waals surface area contributed by atoms with E-state index in [9.17, 15) is 23.7 Å². The van der Waals surface area contributed by atoms with Crippen LogP contribution in [-0.4, -0.2) is 19.3 Å². The van der Waals surface area contributed by atoms with Crippen molar-refractivity contribution < 1.29 is 18.3 Å². The van der Waals surface area contributed by atoms with E-state index in [0.29, 0.717) is 11.1 Å². The lowest BCUT2D eigenvalue weighted by Gasteiger charge is -2.18. The maximum atomic E-state index is 12.9. The maximum absolute atomic E-state index is 12.9.